The van der Waals surface area contributed by atoms with Crippen molar-refractivity contribution in [2.24, 2.45) is 5.92 Å². The molecule has 2 aromatic carbocycles. The van der Waals surface area contributed by atoms with Gasteiger partial charge in [0.1, 0.15) is 5.60 Å². The average Bonchev–Trinajstić information content (AvgIpc) is 2.56. The zero-order chi connectivity index (χ0) is 17.6. The van der Waals surface area contributed by atoms with E-state index in [4.69, 9.17) is 0 Å². The van der Waals surface area contributed by atoms with Crippen LogP contribution in [0.4, 0.5) is 0 Å². The Kier molecular flexibility index (Phi) is 5.98. The SMILES string of the molecule is C=CC[N+](C)(C)C[C@@H](C)[C@@](O)(Cc1ccccc1)c1ccccc1. The molecule has 0 bridgehead atoms. The molecule has 0 unspecified atom stereocenters. The van der Waals surface area contributed by atoms with Gasteiger partial charge >= 0.3 is 0 Å². The number of benzene rings is 2. The van der Waals surface area contributed by atoms with Gasteiger partial charge in [0.15, 0.2) is 0 Å². The van der Waals surface area contributed by atoms with Crippen molar-refractivity contribution in [3.8, 4) is 0 Å². The quantitative estimate of drug-likeness (QED) is 0.574. The minimum atomic E-state index is -0.890. The highest BCUT2D eigenvalue weighted by Gasteiger charge is 2.39. The van der Waals surface area contributed by atoms with Crippen LogP contribution in [-0.4, -0.2) is 36.8 Å². The minimum Gasteiger partial charge on any atom is -0.384 e. The van der Waals surface area contributed by atoms with Crippen LogP contribution < -0.4 is 0 Å². The summed E-state index contributed by atoms with van der Waals surface area (Å²) in [6, 6.07) is 20.3. The topological polar surface area (TPSA) is 20.2 Å². The van der Waals surface area contributed by atoms with Gasteiger partial charge in [-0.15, -0.1) is 0 Å². The smallest absolute Gasteiger partial charge is 0.102 e. The first-order chi connectivity index (χ1) is 11.4. The molecule has 0 aliphatic carbocycles. The highest BCUT2D eigenvalue weighted by atomic mass is 16.3. The standard InChI is InChI=1S/C22H30NO/c1-5-16-23(3,4)18-19(2)22(24,21-14-10-7-11-15-21)17-20-12-8-6-9-13-20/h5-15,19,24H,1,16-18H2,2-4H3/q+1/t19-,22+/m1/s1. The van der Waals surface area contributed by atoms with Crippen LogP contribution in [0.1, 0.15) is 18.1 Å². The second-order valence-electron chi connectivity index (χ2n) is 7.44. The number of nitrogens with zero attached hydrogens (tertiary/aromatic N) is 1. The molecule has 0 aromatic heterocycles. The molecule has 0 amide bonds. The summed E-state index contributed by atoms with van der Waals surface area (Å²) in [5, 5.41) is 11.7. The first-order valence-electron chi connectivity index (χ1n) is 8.62. The van der Waals surface area contributed by atoms with Gasteiger partial charge in [-0.25, -0.2) is 0 Å². The second-order valence-corrected chi connectivity index (χ2v) is 7.44. The molecular formula is C22H30NO+. The van der Waals surface area contributed by atoms with Gasteiger partial charge in [0.2, 0.25) is 0 Å². The van der Waals surface area contributed by atoms with Crippen molar-refractivity contribution in [1.29, 1.82) is 0 Å². The lowest BCUT2D eigenvalue weighted by molar-refractivity contribution is -0.888. The Morgan fingerprint density at radius 2 is 1.58 bits per heavy atom. The Bertz CT molecular complexity index is 636. The van der Waals surface area contributed by atoms with Crippen molar-refractivity contribution >= 4 is 0 Å². The summed E-state index contributed by atoms with van der Waals surface area (Å²) < 4.78 is 0.814. The van der Waals surface area contributed by atoms with Crippen molar-refractivity contribution in [1.82, 2.24) is 0 Å². The highest BCUT2D eigenvalue weighted by molar-refractivity contribution is 5.27. The van der Waals surface area contributed by atoms with E-state index in [1.807, 2.05) is 54.6 Å². The molecule has 0 saturated carbocycles. The van der Waals surface area contributed by atoms with Crippen LogP contribution in [0.25, 0.3) is 0 Å². The number of quaternary nitrogens is 1. The lowest BCUT2D eigenvalue weighted by Gasteiger charge is -2.40. The molecule has 0 fully saturated rings. The summed E-state index contributed by atoms with van der Waals surface area (Å²) in [6.45, 7) is 7.78. The molecule has 0 radical (unpaired) electrons. The molecular weight excluding hydrogens is 294 g/mol. The molecule has 0 saturated heterocycles. The Labute approximate surface area is 146 Å². The van der Waals surface area contributed by atoms with E-state index in [2.05, 4.69) is 39.7 Å². The predicted molar refractivity (Wildman–Crippen MR) is 102 cm³/mol. The van der Waals surface area contributed by atoms with E-state index < -0.39 is 5.60 Å². The van der Waals surface area contributed by atoms with Crippen LogP contribution in [0.5, 0.6) is 0 Å². The fourth-order valence-corrected chi connectivity index (χ4v) is 3.51. The van der Waals surface area contributed by atoms with Crippen molar-refractivity contribution in [3.63, 3.8) is 0 Å². The molecule has 2 rings (SSSR count). The number of aliphatic hydroxyl groups is 1. The zero-order valence-corrected chi connectivity index (χ0v) is 15.2. The van der Waals surface area contributed by atoms with Gasteiger partial charge < -0.3 is 9.59 Å². The molecule has 24 heavy (non-hydrogen) atoms. The summed E-state index contributed by atoms with van der Waals surface area (Å²) in [5.74, 6) is 0.107. The first-order valence-corrected chi connectivity index (χ1v) is 8.62. The van der Waals surface area contributed by atoms with Gasteiger partial charge in [-0.1, -0.05) is 74.2 Å². The molecule has 128 valence electrons. The Hall–Kier alpha value is -1.90. The van der Waals surface area contributed by atoms with Crippen LogP contribution >= 0.6 is 0 Å². The van der Waals surface area contributed by atoms with Gasteiger partial charge in [-0.3, -0.25) is 0 Å². The van der Waals surface area contributed by atoms with Crippen molar-refractivity contribution < 1.29 is 9.59 Å². The second kappa shape index (κ2) is 7.78. The number of likely N-dealkylation sites (N-methyl/N-ethyl adjacent to an activating group) is 1. The maximum absolute atomic E-state index is 11.7. The van der Waals surface area contributed by atoms with Crippen LogP contribution in [-0.2, 0) is 12.0 Å². The molecule has 0 heterocycles. The van der Waals surface area contributed by atoms with E-state index in [0.29, 0.717) is 6.42 Å². The summed E-state index contributed by atoms with van der Waals surface area (Å²) in [5.41, 5.74) is 1.25. The Morgan fingerprint density at radius 3 is 2.12 bits per heavy atom. The van der Waals surface area contributed by atoms with E-state index >= 15 is 0 Å². The van der Waals surface area contributed by atoms with E-state index in [0.717, 1.165) is 28.7 Å². The van der Waals surface area contributed by atoms with E-state index in [9.17, 15) is 5.11 Å². The summed E-state index contributed by atoms with van der Waals surface area (Å²) in [7, 11) is 4.37. The van der Waals surface area contributed by atoms with Gasteiger partial charge in [0.05, 0.1) is 27.2 Å². The number of rotatable bonds is 8. The van der Waals surface area contributed by atoms with Crippen LogP contribution in [0.2, 0.25) is 0 Å². The van der Waals surface area contributed by atoms with E-state index in [1.54, 1.807) is 0 Å². The fourth-order valence-electron chi connectivity index (χ4n) is 3.51. The molecule has 2 atom stereocenters. The zero-order valence-electron chi connectivity index (χ0n) is 15.2. The number of hydrogen-bond donors (Lipinski definition) is 1. The van der Waals surface area contributed by atoms with Crippen LogP contribution in [0.15, 0.2) is 73.3 Å². The lowest BCUT2D eigenvalue weighted by Crippen LogP contribution is -2.49. The molecule has 0 aliphatic rings. The lowest BCUT2D eigenvalue weighted by atomic mass is 9.77. The van der Waals surface area contributed by atoms with Crippen molar-refractivity contribution in [2.45, 2.75) is 18.9 Å². The largest absolute Gasteiger partial charge is 0.384 e. The number of hydrogen-bond acceptors (Lipinski definition) is 1. The average molecular weight is 324 g/mol. The third-order valence-electron chi connectivity index (χ3n) is 4.80. The predicted octanol–water partition coefficient (Wildman–Crippen LogP) is 4.02. The van der Waals surface area contributed by atoms with Gasteiger partial charge in [-0.05, 0) is 17.2 Å². The first kappa shape index (κ1) is 18.4. The third kappa shape index (κ3) is 4.56. The normalized spacial score (nSPS) is 15.5. The highest BCUT2D eigenvalue weighted by Crippen LogP contribution is 2.34. The van der Waals surface area contributed by atoms with Gasteiger partial charge in [0.25, 0.3) is 0 Å². The molecule has 1 N–H and O–H groups in total. The van der Waals surface area contributed by atoms with Gasteiger partial charge in [-0.2, -0.15) is 0 Å². The summed E-state index contributed by atoms with van der Waals surface area (Å²) >= 11 is 0. The van der Waals surface area contributed by atoms with Crippen LogP contribution in [0.3, 0.4) is 0 Å². The summed E-state index contributed by atoms with van der Waals surface area (Å²) in [6.07, 6.45) is 2.57. The molecule has 0 spiro atoms. The molecule has 2 heteroatoms. The van der Waals surface area contributed by atoms with E-state index in [-0.39, 0.29) is 5.92 Å². The minimum absolute atomic E-state index is 0.107. The van der Waals surface area contributed by atoms with Crippen LogP contribution in [0, 0.1) is 5.92 Å². The monoisotopic (exact) mass is 324 g/mol. The third-order valence-corrected chi connectivity index (χ3v) is 4.80. The fraction of sp³-hybridized carbons (Fsp3) is 0.364. The molecule has 0 aliphatic heterocycles. The maximum Gasteiger partial charge on any atom is 0.102 e. The Morgan fingerprint density at radius 1 is 1.04 bits per heavy atom. The van der Waals surface area contributed by atoms with Crippen molar-refractivity contribution in [3.05, 3.63) is 84.4 Å². The van der Waals surface area contributed by atoms with E-state index in [1.165, 1.54) is 0 Å². The van der Waals surface area contributed by atoms with Gasteiger partial charge in [0, 0.05) is 12.3 Å². The maximum atomic E-state index is 11.7. The van der Waals surface area contributed by atoms with Crippen molar-refractivity contribution in [2.75, 3.05) is 27.2 Å². The molecule has 2 aromatic rings. The molecule has 2 nitrogen and oxygen atoms in total. The summed E-state index contributed by atoms with van der Waals surface area (Å²) in [4.78, 5) is 0. The Balaban J connectivity index is 2.34.